The van der Waals surface area contributed by atoms with Crippen molar-refractivity contribution in [1.82, 2.24) is 15.3 Å². The van der Waals surface area contributed by atoms with Gasteiger partial charge in [-0.2, -0.15) is 12.6 Å². The summed E-state index contributed by atoms with van der Waals surface area (Å²) in [6, 6.07) is -0.275. The number of aliphatic carboxylic acids is 1. The van der Waals surface area contributed by atoms with E-state index in [0.29, 0.717) is 0 Å². The van der Waals surface area contributed by atoms with Gasteiger partial charge in [-0.15, -0.1) is 0 Å². The molecule has 0 radical (unpaired) electrons. The van der Waals surface area contributed by atoms with Gasteiger partial charge in [-0.3, -0.25) is 10.1 Å². The van der Waals surface area contributed by atoms with E-state index >= 15 is 0 Å². The summed E-state index contributed by atoms with van der Waals surface area (Å²) in [5, 5.41) is 11.7. The summed E-state index contributed by atoms with van der Waals surface area (Å²) in [6.07, 6.45) is 3.14. The van der Waals surface area contributed by atoms with Crippen LogP contribution in [0.1, 0.15) is 25.1 Å². The second-order valence-corrected chi connectivity index (χ2v) is 3.77. The van der Waals surface area contributed by atoms with Crippen molar-refractivity contribution in [3.05, 3.63) is 18.2 Å². The zero-order chi connectivity index (χ0) is 10.6. The van der Waals surface area contributed by atoms with Crippen molar-refractivity contribution in [3.63, 3.8) is 0 Å². The Kier molecular flexibility index (Phi) is 3.97. The Bertz CT molecular complexity index is 287. The van der Waals surface area contributed by atoms with Gasteiger partial charge in [-0.25, -0.2) is 4.98 Å². The van der Waals surface area contributed by atoms with Crippen LogP contribution in [0.3, 0.4) is 0 Å². The van der Waals surface area contributed by atoms with E-state index in [2.05, 4.69) is 27.9 Å². The minimum absolute atomic E-state index is 0.00704. The minimum Gasteiger partial charge on any atom is -0.481 e. The van der Waals surface area contributed by atoms with E-state index in [1.807, 2.05) is 6.92 Å². The first-order chi connectivity index (χ1) is 6.59. The maximum absolute atomic E-state index is 10.6. The maximum atomic E-state index is 10.6. The molecular formula is C8H13N3O2S. The molecule has 0 saturated heterocycles. The molecule has 1 aromatic heterocycles. The van der Waals surface area contributed by atoms with Gasteiger partial charge in [0.1, 0.15) is 0 Å². The molecule has 0 saturated carbocycles. The number of carboxylic acid groups (broad SMARTS) is 1. The highest BCUT2D eigenvalue weighted by atomic mass is 32.1. The van der Waals surface area contributed by atoms with Crippen LogP contribution < -0.4 is 5.32 Å². The molecule has 1 rings (SSSR count). The van der Waals surface area contributed by atoms with Crippen LogP contribution in [0.4, 0.5) is 0 Å². The third-order valence-corrected chi connectivity index (χ3v) is 1.86. The second kappa shape index (κ2) is 5.02. The van der Waals surface area contributed by atoms with Gasteiger partial charge in [0, 0.05) is 11.6 Å². The van der Waals surface area contributed by atoms with Crippen LogP contribution in [0.25, 0.3) is 0 Å². The number of rotatable bonds is 5. The molecule has 0 aliphatic carbocycles. The summed E-state index contributed by atoms with van der Waals surface area (Å²) in [7, 11) is 0. The molecule has 0 fully saturated rings. The Balaban J connectivity index is 2.67. The number of carbonyl (C=O) groups is 1. The Hall–Kier alpha value is -1.01. The van der Waals surface area contributed by atoms with E-state index in [0.717, 1.165) is 5.69 Å². The fourth-order valence-electron chi connectivity index (χ4n) is 1.18. The average molecular weight is 215 g/mol. The molecule has 0 aliphatic rings. The fourth-order valence-corrected chi connectivity index (χ4v) is 1.36. The molecule has 0 bridgehead atoms. The number of nitrogens with one attached hydrogen (secondary N) is 2. The standard InChI is InChI=1S/C8H13N3O2S/c1-5(14)11-6(2-8(12)13)7-3-9-4-10-7/h3-6,11,14H,2H2,1H3,(H,9,10)(H,12,13). The van der Waals surface area contributed by atoms with Crippen LogP contribution in [0, 0.1) is 0 Å². The van der Waals surface area contributed by atoms with Crippen LogP contribution in [0.15, 0.2) is 12.5 Å². The molecular weight excluding hydrogens is 202 g/mol. The molecule has 0 spiro atoms. The fraction of sp³-hybridized carbons (Fsp3) is 0.500. The smallest absolute Gasteiger partial charge is 0.305 e. The predicted octanol–water partition coefficient (Wildman–Crippen LogP) is 0.791. The Morgan fingerprint density at radius 1 is 1.86 bits per heavy atom. The van der Waals surface area contributed by atoms with Gasteiger partial charge in [0.05, 0.1) is 24.5 Å². The van der Waals surface area contributed by atoms with Crippen LogP contribution in [0.2, 0.25) is 0 Å². The third-order valence-electron chi connectivity index (χ3n) is 1.72. The van der Waals surface area contributed by atoms with E-state index in [4.69, 9.17) is 5.11 Å². The van der Waals surface area contributed by atoms with Gasteiger partial charge in [-0.05, 0) is 6.92 Å². The normalized spacial score (nSPS) is 15.0. The number of imidazole rings is 1. The molecule has 2 atom stereocenters. The molecule has 0 amide bonds. The van der Waals surface area contributed by atoms with Crippen LogP contribution in [-0.2, 0) is 4.79 Å². The summed E-state index contributed by atoms with van der Waals surface area (Å²) in [4.78, 5) is 17.3. The quantitative estimate of drug-likeness (QED) is 0.432. The number of H-pyrrole nitrogens is 1. The lowest BCUT2D eigenvalue weighted by atomic mass is 10.1. The van der Waals surface area contributed by atoms with Crippen molar-refractivity contribution in [2.45, 2.75) is 24.8 Å². The molecule has 2 unspecified atom stereocenters. The van der Waals surface area contributed by atoms with E-state index < -0.39 is 5.97 Å². The molecule has 5 nitrogen and oxygen atoms in total. The summed E-state index contributed by atoms with van der Waals surface area (Å²) in [5.74, 6) is -0.855. The summed E-state index contributed by atoms with van der Waals surface area (Å²) in [6.45, 7) is 1.84. The topological polar surface area (TPSA) is 78.0 Å². The van der Waals surface area contributed by atoms with Gasteiger partial charge in [0.2, 0.25) is 0 Å². The first-order valence-electron chi connectivity index (χ1n) is 4.23. The summed E-state index contributed by atoms with van der Waals surface area (Å²) < 4.78 is 0. The van der Waals surface area contributed by atoms with E-state index in [9.17, 15) is 4.79 Å². The van der Waals surface area contributed by atoms with E-state index in [1.54, 1.807) is 6.20 Å². The molecule has 14 heavy (non-hydrogen) atoms. The molecule has 1 aromatic rings. The first-order valence-corrected chi connectivity index (χ1v) is 4.75. The van der Waals surface area contributed by atoms with Crippen molar-refractivity contribution < 1.29 is 9.90 Å². The van der Waals surface area contributed by atoms with Gasteiger partial charge < -0.3 is 10.1 Å². The number of hydrogen-bond donors (Lipinski definition) is 4. The molecule has 3 N–H and O–H groups in total. The lowest BCUT2D eigenvalue weighted by Gasteiger charge is -2.17. The zero-order valence-electron chi connectivity index (χ0n) is 7.77. The largest absolute Gasteiger partial charge is 0.481 e. The number of nitrogens with zero attached hydrogens (tertiary/aromatic N) is 1. The Morgan fingerprint density at radius 2 is 2.57 bits per heavy atom. The Morgan fingerprint density at radius 3 is 3.00 bits per heavy atom. The molecule has 0 aliphatic heterocycles. The summed E-state index contributed by atoms with van der Waals surface area (Å²) >= 11 is 4.15. The van der Waals surface area contributed by atoms with Crippen LogP contribution >= 0.6 is 12.6 Å². The van der Waals surface area contributed by atoms with E-state index in [1.165, 1.54) is 6.33 Å². The zero-order valence-corrected chi connectivity index (χ0v) is 8.66. The number of aromatic nitrogens is 2. The van der Waals surface area contributed by atoms with Gasteiger partial charge in [0.25, 0.3) is 0 Å². The molecule has 78 valence electrons. The SMILES string of the molecule is CC(S)NC(CC(=O)O)c1cnc[nH]1. The first kappa shape index (κ1) is 11.1. The van der Waals surface area contributed by atoms with Crippen molar-refractivity contribution in [3.8, 4) is 0 Å². The lowest BCUT2D eigenvalue weighted by molar-refractivity contribution is -0.137. The number of thiol groups is 1. The highest BCUT2D eigenvalue weighted by molar-refractivity contribution is 7.80. The minimum atomic E-state index is -0.855. The molecule has 1 heterocycles. The third kappa shape index (κ3) is 3.39. The number of carboxylic acids is 1. The number of aromatic amines is 1. The highest BCUT2D eigenvalue weighted by Crippen LogP contribution is 2.14. The monoisotopic (exact) mass is 215 g/mol. The van der Waals surface area contributed by atoms with Crippen molar-refractivity contribution >= 4 is 18.6 Å². The average Bonchev–Trinajstić information content (AvgIpc) is 2.52. The van der Waals surface area contributed by atoms with Crippen LogP contribution in [-0.4, -0.2) is 26.4 Å². The maximum Gasteiger partial charge on any atom is 0.305 e. The van der Waals surface area contributed by atoms with Crippen molar-refractivity contribution in [2.24, 2.45) is 0 Å². The van der Waals surface area contributed by atoms with Crippen molar-refractivity contribution in [2.75, 3.05) is 0 Å². The van der Waals surface area contributed by atoms with Crippen LogP contribution in [0.5, 0.6) is 0 Å². The van der Waals surface area contributed by atoms with E-state index in [-0.39, 0.29) is 17.8 Å². The second-order valence-electron chi connectivity index (χ2n) is 3.00. The lowest BCUT2D eigenvalue weighted by Crippen LogP contribution is -2.28. The van der Waals surface area contributed by atoms with Gasteiger partial charge in [-0.1, -0.05) is 0 Å². The highest BCUT2D eigenvalue weighted by Gasteiger charge is 2.17. The van der Waals surface area contributed by atoms with Gasteiger partial charge in [0.15, 0.2) is 0 Å². The molecule has 0 aromatic carbocycles. The Labute approximate surface area is 87.3 Å². The van der Waals surface area contributed by atoms with Crippen molar-refractivity contribution in [1.29, 1.82) is 0 Å². The molecule has 6 heteroatoms. The number of hydrogen-bond acceptors (Lipinski definition) is 4. The predicted molar refractivity (Wildman–Crippen MR) is 55.2 cm³/mol. The summed E-state index contributed by atoms with van der Waals surface area (Å²) in [5.41, 5.74) is 0.758. The van der Waals surface area contributed by atoms with Gasteiger partial charge >= 0.3 is 5.97 Å².